The minimum Gasteiger partial charge on any atom is -0.388 e. The van der Waals surface area contributed by atoms with Crippen molar-refractivity contribution in [2.45, 2.75) is 38.2 Å². The zero-order valence-corrected chi connectivity index (χ0v) is 8.26. The first kappa shape index (κ1) is 9.59. The quantitative estimate of drug-likeness (QED) is 0.797. The predicted molar refractivity (Wildman–Crippen MR) is 53.6 cm³/mol. The van der Waals surface area contributed by atoms with Crippen LogP contribution in [0.2, 0.25) is 0 Å². The summed E-state index contributed by atoms with van der Waals surface area (Å²) >= 11 is 0. The number of nitrogens with zero attached hydrogens (tertiary/aromatic N) is 2. The third-order valence-corrected chi connectivity index (χ3v) is 3.02. The molecule has 0 amide bonds. The van der Waals surface area contributed by atoms with Crippen LogP contribution >= 0.6 is 0 Å². The predicted octanol–water partition coefficient (Wildman–Crippen LogP) is 2.09. The van der Waals surface area contributed by atoms with Crippen LogP contribution in [0.25, 0.3) is 0 Å². The summed E-state index contributed by atoms with van der Waals surface area (Å²) in [6.07, 6.45) is 9.01. The lowest BCUT2D eigenvalue weighted by Crippen LogP contribution is -2.04. The number of rotatable bonds is 3. The maximum absolute atomic E-state index is 9.91. The Bertz CT molecular complexity index is 270. The highest BCUT2D eigenvalue weighted by Gasteiger charge is 2.19. The second-order valence-electron chi connectivity index (χ2n) is 4.08. The summed E-state index contributed by atoms with van der Waals surface area (Å²) < 4.78 is 0. The van der Waals surface area contributed by atoms with Crippen molar-refractivity contribution in [3.05, 3.63) is 24.0 Å². The summed E-state index contributed by atoms with van der Waals surface area (Å²) in [5, 5.41) is 17.4. The largest absolute Gasteiger partial charge is 0.388 e. The first-order valence-corrected chi connectivity index (χ1v) is 5.31. The van der Waals surface area contributed by atoms with E-state index in [1.54, 1.807) is 12.4 Å². The molecule has 1 aromatic rings. The summed E-state index contributed by atoms with van der Waals surface area (Å²) in [6, 6.07) is 1.84. The summed E-state index contributed by atoms with van der Waals surface area (Å²) in [7, 11) is 0. The van der Waals surface area contributed by atoms with Crippen molar-refractivity contribution < 1.29 is 5.11 Å². The number of aliphatic hydroxyl groups is 1. The summed E-state index contributed by atoms with van der Waals surface area (Å²) in [6.45, 7) is 0. The molecule has 0 aliphatic heterocycles. The maximum Gasteiger partial charge on any atom is 0.0808 e. The molecule has 1 fully saturated rings. The Morgan fingerprint density at radius 3 is 2.79 bits per heavy atom. The van der Waals surface area contributed by atoms with Gasteiger partial charge in [0, 0.05) is 11.8 Å². The summed E-state index contributed by atoms with van der Waals surface area (Å²) in [5.74, 6) is 0.707. The molecule has 1 aliphatic carbocycles. The fraction of sp³-hybridized carbons (Fsp3) is 0.636. The maximum atomic E-state index is 9.91. The molecular formula is C11H16N2O. The zero-order valence-electron chi connectivity index (χ0n) is 8.26. The van der Waals surface area contributed by atoms with E-state index in [1.807, 2.05) is 6.07 Å². The molecule has 0 spiro atoms. The highest BCUT2D eigenvalue weighted by atomic mass is 16.3. The van der Waals surface area contributed by atoms with Crippen molar-refractivity contribution in [3.8, 4) is 0 Å². The number of hydrogen-bond donors (Lipinski definition) is 1. The Kier molecular flexibility index (Phi) is 3.09. The highest BCUT2D eigenvalue weighted by molar-refractivity contribution is 5.09. The Morgan fingerprint density at radius 1 is 1.36 bits per heavy atom. The van der Waals surface area contributed by atoms with Crippen LogP contribution in [0.5, 0.6) is 0 Å². The topological polar surface area (TPSA) is 46.0 Å². The van der Waals surface area contributed by atoms with E-state index in [-0.39, 0.29) is 6.10 Å². The molecule has 1 atom stereocenters. The van der Waals surface area contributed by atoms with Crippen LogP contribution in [0.4, 0.5) is 0 Å². The normalized spacial score (nSPS) is 19.8. The van der Waals surface area contributed by atoms with Gasteiger partial charge in [-0.2, -0.15) is 10.2 Å². The van der Waals surface area contributed by atoms with Crippen LogP contribution in [-0.4, -0.2) is 15.3 Å². The first-order valence-electron chi connectivity index (χ1n) is 5.31. The Balaban J connectivity index is 1.92. The summed E-state index contributed by atoms with van der Waals surface area (Å²) in [5.41, 5.74) is 0.895. The van der Waals surface area contributed by atoms with Gasteiger partial charge in [0.25, 0.3) is 0 Å². The molecule has 0 aromatic carbocycles. The minimum absolute atomic E-state index is 0.353. The molecule has 1 N–H and O–H groups in total. The van der Waals surface area contributed by atoms with Crippen LogP contribution in [0.3, 0.4) is 0 Å². The highest BCUT2D eigenvalue weighted by Crippen LogP contribution is 2.32. The Hall–Kier alpha value is -0.960. The second kappa shape index (κ2) is 4.51. The zero-order chi connectivity index (χ0) is 9.80. The van der Waals surface area contributed by atoms with E-state index in [0.717, 1.165) is 12.0 Å². The molecule has 14 heavy (non-hydrogen) atoms. The van der Waals surface area contributed by atoms with Crippen molar-refractivity contribution >= 4 is 0 Å². The van der Waals surface area contributed by atoms with E-state index in [1.165, 1.54) is 25.7 Å². The molecule has 76 valence electrons. The molecule has 0 saturated heterocycles. The second-order valence-corrected chi connectivity index (χ2v) is 4.08. The number of aromatic nitrogens is 2. The Morgan fingerprint density at radius 2 is 2.14 bits per heavy atom. The van der Waals surface area contributed by atoms with Gasteiger partial charge in [-0.05, 0) is 18.4 Å². The van der Waals surface area contributed by atoms with Crippen LogP contribution < -0.4 is 0 Å². The van der Waals surface area contributed by atoms with Crippen molar-refractivity contribution in [2.75, 3.05) is 0 Å². The van der Waals surface area contributed by atoms with Crippen molar-refractivity contribution in [3.63, 3.8) is 0 Å². The number of hydrogen-bond acceptors (Lipinski definition) is 3. The monoisotopic (exact) mass is 192 g/mol. The molecule has 1 saturated carbocycles. The van der Waals surface area contributed by atoms with E-state index < -0.39 is 0 Å². The molecule has 2 rings (SSSR count). The van der Waals surface area contributed by atoms with Gasteiger partial charge >= 0.3 is 0 Å². The first-order chi connectivity index (χ1) is 6.86. The molecule has 1 unspecified atom stereocenters. The van der Waals surface area contributed by atoms with Gasteiger partial charge in [-0.3, -0.25) is 0 Å². The average Bonchev–Trinajstić information content (AvgIpc) is 2.72. The van der Waals surface area contributed by atoms with E-state index in [9.17, 15) is 5.11 Å². The minimum atomic E-state index is -0.353. The number of aliphatic hydroxyl groups excluding tert-OH is 1. The van der Waals surface area contributed by atoms with E-state index in [2.05, 4.69) is 10.2 Å². The lowest BCUT2D eigenvalue weighted by Gasteiger charge is -2.14. The van der Waals surface area contributed by atoms with Crippen molar-refractivity contribution in [2.24, 2.45) is 5.92 Å². The third kappa shape index (κ3) is 2.29. The van der Waals surface area contributed by atoms with Crippen LogP contribution in [0, 0.1) is 5.92 Å². The van der Waals surface area contributed by atoms with E-state index in [0.29, 0.717) is 5.92 Å². The molecule has 0 radical (unpaired) electrons. The van der Waals surface area contributed by atoms with Gasteiger partial charge in [-0.1, -0.05) is 25.7 Å². The van der Waals surface area contributed by atoms with Gasteiger partial charge in [0.2, 0.25) is 0 Å². The van der Waals surface area contributed by atoms with Gasteiger partial charge < -0.3 is 5.11 Å². The molecule has 3 nitrogen and oxygen atoms in total. The van der Waals surface area contributed by atoms with Gasteiger partial charge in [0.05, 0.1) is 12.3 Å². The molecular weight excluding hydrogens is 176 g/mol. The Labute approximate surface area is 84.2 Å². The fourth-order valence-corrected chi connectivity index (χ4v) is 2.20. The third-order valence-electron chi connectivity index (χ3n) is 3.02. The molecule has 1 aliphatic rings. The lowest BCUT2D eigenvalue weighted by molar-refractivity contribution is 0.144. The molecule has 0 bridgehead atoms. The van der Waals surface area contributed by atoms with E-state index >= 15 is 0 Å². The standard InChI is InChI=1S/C11H16N2O/c14-11(7-9-3-1-2-4-9)10-5-6-12-13-8-10/h5-6,8-9,11,14H,1-4,7H2. The SMILES string of the molecule is OC(CC1CCCC1)c1ccnnc1. The van der Waals surface area contributed by atoms with Gasteiger partial charge in [-0.15, -0.1) is 0 Å². The van der Waals surface area contributed by atoms with Gasteiger partial charge in [0.1, 0.15) is 0 Å². The van der Waals surface area contributed by atoms with Gasteiger partial charge in [0.15, 0.2) is 0 Å². The fourth-order valence-electron chi connectivity index (χ4n) is 2.20. The molecule has 1 aromatic heterocycles. The van der Waals surface area contributed by atoms with Gasteiger partial charge in [-0.25, -0.2) is 0 Å². The van der Waals surface area contributed by atoms with E-state index in [4.69, 9.17) is 0 Å². The van der Waals surface area contributed by atoms with Crippen LogP contribution in [0.1, 0.15) is 43.8 Å². The van der Waals surface area contributed by atoms with Crippen molar-refractivity contribution in [1.29, 1.82) is 0 Å². The summed E-state index contributed by atoms with van der Waals surface area (Å²) in [4.78, 5) is 0. The smallest absolute Gasteiger partial charge is 0.0808 e. The molecule has 1 heterocycles. The van der Waals surface area contributed by atoms with Crippen molar-refractivity contribution in [1.82, 2.24) is 10.2 Å². The average molecular weight is 192 g/mol. The lowest BCUT2D eigenvalue weighted by atomic mass is 9.97. The van der Waals surface area contributed by atoms with Crippen LogP contribution in [0.15, 0.2) is 18.5 Å². The molecule has 3 heteroatoms. The van der Waals surface area contributed by atoms with Crippen LogP contribution in [-0.2, 0) is 0 Å².